The predicted octanol–water partition coefficient (Wildman–Crippen LogP) is 3.09. The number of benzene rings is 2. The Kier molecular flexibility index (Phi) is 9.03. The Morgan fingerprint density at radius 1 is 1.08 bits per heavy atom. The number of nitrogens with two attached hydrogens (primary N) is 1. The van der Waals surface area contributed by atoms with Gasteiger partial charge < -0.3 is 11.1 Å². The molecule has 4 N–H and O–H groups in total. The van der Waals surface area contributed by atoms with E-state index >= 15 is 0 Å². The normalized spacial score (nSPS) is 11.7. The van der Waals surface area contributed by atoms with Crippen molar-refractivity contribution in [1.82, 2.24) is 4.72 Å². The highest BCUT2D eigenvalue weighted by molar-refractivity contribution is 14.0. The lowest BCUT2D eigenvalue weighted by atomic mass is 10.1. The van der Waals surface area contributed by atoms with Gasteiger partial charge in [-0.25, -0.2) is 18.1 Å². The van der Waals surface area contributed by atoms with Crippen LogP contribution in [0.1, 0.15) is 25.0 Å². The summed E-state index contributed by atoms with van der Waals surface area (Å²) in [5.74, 6) is 0.317. The average Bonchev–Trinajstić information content (AvgIpc) is 2.60. The Morgan fingerprint density at radius 2 is 1.77 bits per heavy atom. The lowest BCUT2D eigenvalue weighted by molar-refractivity contribution is 0.584. The van der Waals surface area contributed by atoms with Crippen LogP contribution in [-0.4, -0.2) is 20.9 Å². The third-order valence-corrected chi connectivity index (χ3v) is 5.17. The number of nitrogens with one attached hydrogen (secondary N) is 2. The zero-order valence-corrected chi connectivity index (χ0v) is 18.0. The molecular weight excluding hydrogens is 463 g/mol. The van der Waals surface area contributed by atoms with Gasteiger partial charge in [0.1, 0.15) is 0 Å². The molecule has 0 unspecified atom stereocenters. The fourth-order valence-corrected chi connectivity index (χ4v) is 3.32. The van der Waals surface area contributed by atoms with E-state index < -0.39 is 10.0 Å². The maximum atomic E-state index is 11.9. The largest absolute Gasteiger partial charge is 0.370 e. The van der Waals surface area contributed by atoms with E-state index in [-0.39, 0.29) is 28.9 Å². The van der Waals surface area contributed by atoms with Gasteiger partial charge in [-0.05, 0) is 41.8 Å². The molecular formula is C18H25IN4O2S. The standard InChI is InChI=1S/C18H24N4O2S.HI/c1-3-14-6-5-7-16(12-14)22-18(19)20-13-15-8-10-17(11-9-15)25(23,24)21-4-2;/h5-12,21H,3-4,13H2,1-2H3,(H3,19,20,22);1H. The Labute approximate surface area is 172 Å². The molecule has 0 radical (unpaired) electrons. The summed E-state index contributed by atoms with van der Waals surface area (Å²) >= 11 is 0. The minimum atomic E-state index is -3.43. The molecule has 0 aliphatic carbocycles. The minimum Gasteiger partial charge on any atom is -0.370 e. The maximum Gasteiger partial charge on any atom is 0.240 e. The van der Waals surface area contributed by atoms with E-state index in [2.05, 4.69) is 28.0 Å². The minimum absolute atomic E-state index is 0. The van der Waals surface area contributed by atoms with Crippen molar-refractivity contribution in [2.24, 2.45) is 10.7 Å². The molecule has 0 saturated carbocycles. The lowest BCUT2D eigenvalue weighted by Gasteiger charge is -2.08. The summed E-state index contributed by atoms with van der Waals surface area (Å²) in [6.07, 6.45) is 0.953. The van der Waals surface area contributed by atoms with Crippen molar-refractivity contribution in [2.45, 2.75) is 31.7 Å². The highest BCUT2D eigenvalue weighted by Crippen LogP contribution is 2.12. The van der Waals surface area contributed by atoms with Gasteiger partial charge in [0.25, 0.3) is 0 Å². The lowest BCUT2D eigenvalue weighted by Crippen LogP contribution is -2.23. The first-order valence-electron chi connectivity index (χ1n) is 8.19. The number of hydrogen-bond donors (Lipinski definition) is 3. The van der Waals surface area contributed by atoms with Crippen LogP contribution in [0, 0.1) is 0 Å². The van der Waals surface area contributed by atoms with E-state index in [9.17, 15) is 8.42 Å². The van der Waals surface area contributed by atoms with Crippen LogP contribution in [0.2, 0.25) is 0 Å². The predicted molar refractivity (Wildman–Crippen MR) is 117 cm³/mol. The molecule has 0 amide bonds. The Balaban J connectivity index is 0.00000338. The van der Waals surface area contributed by atoms with Crippen molar-refractivity contribution in [3.8, 4) is 0 Å². The smallest absolute Gasteiger partial charge is 0.240 e. The summed E-state index contributed by atoms with van der Waals surface area (Å²) in [6, 6.07) is 14.6. The third kappa shape index (κ3) is 6.58. The molecule has 0 saturated heterocycles. The third-order valence-electron chi connectivity index (χ3n) is 3.61. The van der Waals surface area contributed by atoms with Crippen LogP contribution in [0.3, 0.4) is 0 Å². The Morgan fingerprint density at radius 3 is 2.38 bits per heavy atom. The van der Waals surface area contributed by atoms with Crippen LogP contribution in [0.15, 0.2) is 58.4 Å². The summed E-state index contributed by atoms with van der Waals surface area (Å²) in [7, 11) is -3.43. The second-order valence-corrected chi connectivity index (χ2v) is 7.29. The van der Waals surface area contributed by atoms with Gasteiger partial charge in [-0.1, -0.05) is 38.1 Å². The topological polar surface area (TPSA) is 96.6 Å². The molecule has 0 fully saturated rings. The fraction of sp³-hybridized carbons (Fsp3) is 0.278. The zero-order valence-electron chi connectivity index (χ0n) is 14.9. The number of guanidine groups is 1. The van der Waals surface area contributed by atoms with Crippen molar-refractivity contribution in [1.29, 1.82) is 0 Å². The summed E-state index contributed by atoms with van der Waals surface area (Å²) in [4.78, 5) is 4.53. The highest BCUT2D eigenvalue weighted by atomic mass is 127. The first-order chi connectivity index (χ1) is 11.9. The molecule has 2 rings (SSSR count). The molecule has 0 aliphatic heterocycles. The van der Waals surface area contributed by atoms with Crippen molar-refractivity contribution in [3.63, 3.8) is 0 Å². The number of rotatable bonds is 7. The van der Waals surface area contributed by atoms with Crippen LogP contribution < -0.4 is 15.8 Å². The Hall–Kier alpha value is -1.65. The number of aliphatic imine (C=N–C) groups is 1. The number of anilines is 1. The average molecular weight is 488 g/mol. The summed E-state index contributed by atoms with van der Waals surface area (Å²) in [6.45, 7) is 4.56. The molecule has 0 spiro atoms. The number of halogens is 1. The van der Waals surface area contributed by atoms with Crippen LogP contribution in [0.4, 0.5) is 5.69 Å². The van der Waals surface area contributed by atoms with E-state index in [1.54, 1.807) is 31.2 Å². The molecule has 0 aliphatic rings. The number of aryl methyl sites for hydroxylation is 1. The van der Waals surface area contributed by atoms with Gasteiger partial charge in [0, 0.05) is 12.2 Å². The molecule has 2 aromatic rings. The second kappa shape index (κ2) is 10.5. The zero-order chi connectivity index (χ0) is 18.3. The summed E-state index contributed by atoms with van der Waals surface area (Å²) in [5, 5.41) is 3.06. The van der Waals surface area contributed by atoms with Gasteiger partial charge in [-0.3, -0.25) is 0 Å². The Bertz CT molecular complexity index is 837. The first kappa shape index (κ1) is 22.4. The molecule has 6 nitrogen and oxygen atoms in total. The van der Waals surface area contributed by atoms with Gasteiger partial charge >= 0.3 is 0 Å². The van der Waals surface area contributed by atoms with Gasteiger partial charge in [-0.2, -0.15) is 0 Å². The van der Waals surface area contributed by atoms with Crippen LogP contribution in [-0.2, 0) is 23.0 Å². The van der Waals surface area contributed by atoms with Crippen LogP contribution in [0.25, 0.3) is 0 Å². The van der Waals surface area contributed by atoms with E-state index in [4.69, 9.17) is 5.73 Å². The van der Waals surface area contributed by atoms with E-state index in [0.29, 0.717) is 19.0 Å². The SMILES string of the molecule is CCNS(=O)(=O)c1ccc(CN=C(N)Nc2cccc(CC)c2)cc1.I. The van der Waals surface area contributed by atoms with E-state index in [1.165, 1.54) is 5.56 Å². The second-order valence-electron chi connectivity index (χ2n) is 5.53. The molecule has 142 valence electrons. The fourth-order valence-electron chi connectivity index (χ4n) is 2.28. The quantitative estimate of drug-likeness (QED) is 0.317. The molecule has 8 heteroatoms. The van der Waals surface area contributed by atoms with Crippen molar-refractivity contribution < 1.29 is 8.42 Å². The van der Waals surface area contributed by atoms with Gasteiger partial charge in [-0.15, -0.1) is 24.0 Å². The molecule has 0 heterocycles. The van der Waals surface area contributed by atoms with Gasteiger partial charge in [0.05, 0.1) is 11.4 Å². The van der Waals surface area contributed by atoms with E-state index in [1.807, 2.05) is 18.2 Å². The number of hydrogen-bond acceptors (Lipinski definition) is 3. The number of sulfonamides is 1. The van der Waals surface area contributed by atoms with E-state index in [0.717, 1.165) is 17.7 Å². The van der Waals surface area contributed by atoms with Crippen LogP contribution >= 0.6 is 24.0 Å². The van der Waals surface area contributed by atoms with Crippen molar-refractivity contribution in [3.05, 3.63) is 59.7 Å². The monoisotopic (exact) mass is 488 g/mol. The first-order valence-corrected chi connectivity index (χ1v) is 9.67. The maximum absolute atomic E-state index is 11.9. The molecule has 0 atom stereocenters. The molecule has 0 bridgehead atoms. The molecule has 2 aromatic carbocycles. The van der Waals surface area contributed by atoms with Crippen molar-refractivity contribution in [2.75, 3.05) is 11.9 Å². The number of nitrogens with zero attached hydrogens (tertiary/aromatic N) is 1. The summed E-state index contributed by atoms with van der Waals surface area (Å²) < 4.78 is 26.3. The van der Waals surface area contributed by atoms with Gasteiger partial charge in [0.15, 0.2) is 5.96 Å². The van der Waals surface area contributed by atoms with Crippen LogP contribution in [0.5, 0.6) is 0 Å². The summed E-state index contributed by atoms with van der Waals surface area (Å²) in [5.41, 5.74) is 8.91. The molecule has 26 heavy (non-hydrogen) atoms. The highest BCUT2D eigenvalue weighted by Gasteiger charge is 2.11. The molecule has 0 aromatic heterocycles. The van der Waals surface area contributed by atoms with Gasteiger partial charge in [0.2, 0.25) is 10.0 Å². The van der Waals surface area contributed by atoms with Crippen molar-refractivity contribution >= 4 is 45.6 Å².